The van der Waals surface area contributed by atoms with Crippen molar-refractivity contribution in [3.8, 4) is 11.5 Å². The van der Waals surface area contributed by atoms with Crippen molar-refractivity contribution in [2.24, 2.45) is 5.92 Å². The third kappa shape index (κ3) is 4.30. The van der Waals surface area contributed by atoms with Crippen LogP contribution in [0.2, 0.25) is 0 Å². The van der Waals surface area contributed by atoms with Crippen LogP contribution in [0.15, 0.2) is 18.2 Å². The van der Waals surface area contributed by atoms with E-state index in [2.05, 4.69) is 19.2 Å². The van der Waals surface area contributed by atoms with Crippen molar-refractivity contribution in [1.29, 1.82) is 0 Å². The van der Waals surface area contributed by atoms with Gasteiger partial charge in [0.15, 0.2) is 11.5 Å². The maximum Gasteiger partial charge on any atom is 0.318 e. The molecule has 0 aliphatic carbocycles. The number of hydrogen-bond acceptors (Lipinski definition) is 5. The third-order valence-electron chi connectivity index (χ3n) is 3.21. The normalized spacial score (nSPS) is 21.1. The highest BCUT2D eigenvalue weighted by atomic mass is 32.2. The van der Waals surface area contributed by atoms with E-state index >= 15 is 0 Å². The van der Waals surface area contributed by atoms with Gasteiger partial charge in [0, 0.05) is 6.54 Å². The number of aliphatic carboxylic acids is 1. The lowest BCUT2D eigenvalue weighted by Crippen LogP contribution is -2.21. The highest BCUT2D eigenvalue weighted by Crippen LogP contribution is 2.39. The van der Waals surface area contributed by atoms with E-state index in [0.717, 1.165) is 11.3 Å². The van der Waals surface area contributed by atoms with Gasteiger partial charge in [-0.3, -0.25) is 10.1 Å². The summed E-state index contributed by atoms with van der Waals surface area (Å²) >= 11 is 1.42. The van der Waals surface area contributed by atoms with Crippen LogP contribution in [0.3, 0.4) is 0 Å². The van der Waals surface area contributed by atoms with Gasteiger partial charge in [0.05, 0.1) is 18.6 Å². The number of nitrogens with one attached hydrogen (secondary N) is 1. The van der Waals surface area contributed by atoms with Gasteiger partial charge in [0.2, 0.25) is 0 Å². The molecule has 1 aromatic carbocycles. The number of carbonyl (C=O) groups is 1. The van der Waals surface area contributed by atoms with Crippen LogP contribution in [-0.2, 0) is 4.79 Å². The molecule has 0 bridgehead atoms. The number of benzene rings is 1. The van der Waals surface area contributed by atoms with Crippen LogP contribution >= 0.6 is 11.8 Å². The van der Waals surface area contributed by atoms with Gasteiger partial charge in [0.25, 0.3) is 0 Å². The summed E-state index contributed by atoms with van der Waals surface area (Å²) in [6, 6.07) is 5.81. The lowest BCUT2D eigenvalue weighted by atomic mass is 10.2. The Morgan fingerprint density at radius 3 is 2.77 bits per heavy atom. The fraction of sp³-hybridized carbons (Fsp3) is 0.562. The summed E-state index contributed by atoms with van der Waals surface area (Å²) in [4.78, 5) is 11.0. The van der Waals surface area contributed by atoms with E-state index in [1.807, 2.05) is 25.1 Å². The fourth-order valence-corrected chi connectivity index (χ4v) is 3.28. The maximum absolute atomic E-state index is 11.0. The fourth-order valence-electron chi connectivity index (χ4n) is 2.15. The molecule has 22 heavy (non-hydrogen) atoms. The van der Waals surface area contributed by atoms with E-state index in [1.54, 1.807) is 0 Å². The maximum atomic E-state index is 11.0. The molecule has 0 amide bonds. The number of rotatable bonds is 7. The lowest BCUT2D eigenvalue weighted by Gasteiger charge is -2.17. The zero-order valence-electron chi connectivity index (χ0n) is 13.2. The van der Waals surface area contributed by atoms with Gasteiger partial charge in [-0.1, -0.05) is 19.9 Å². The minimum absolute atomic E-state index is 0.0283. The number of carboxylic acid groups (broad SMARTS) is 1. The van der Waals surface area contributed by atoms with E-state index in [9.17, 15) is 4.79 Å². The number of ether oxygens (including phenoxy) is 2. The average Bonchev–Trinajstić information content (AvgIpc) is 2.96. The molecule has 1 aliphatic rings. The van der Waals surface area contributed by atoms with Crippen molar-refractivity contribution >= 4 is 17.7 Å². The lowest BCUT2D eigenvalue weighted by molar-refractivity contribution is -0.136. The second kappa shape index (κ2) is 7.74. The van der Waals surface area contributed by atoms with Gasteiger partial charge >= 0.3 is 5.97 Å². The van der Waals surface area contributed by atoms with Gasteiger partial charge in [-0.15, -0.1) is 11.8 Å². The van der Waals surface area contributed by atoms with Crippen LogP contribution in [0.1, 0.15) is 31.7 Å². The van der Waals surface area contributed by atoms with Gasteiger partial charge < -0.3 is 14.6 Å². The monoisotopic (exact) mass is 325 g/mol. The molecule has 2 atom stereocenters. The number of carboxylic acids is 1. The second-order valence-corrected chi connectivity index (χ2v) is 6.91. The quantitative estimate of drug-likeness (QED) is 0.803. The van der Waals surface area contributed by atoms with Crippen molar-refractivity contribution in [2.75, 3.05) is 19.8 Å². The number of thioether (sulfide) groups is 1. The third-order valence-corrected chi connectivity index (χ3v) is 4.61. The molecule has 0 aromatic heterocycles. The molecule has 1 aromatic rings. The Kier molecular flexibility index (Phi) is 5.97. The first-order valence-electron chi connectivity index (χ1n) is 7.52. The topological polar surface area (TPSA) is 67.8 Å². The van der Waals surface area contributed by atoms with Crippen molar-refractivity contribution in [2.45, 2.75) is 31.4 Å². The molecule has 0 unspecified atom stereocenters. The summed E-state index contributed by atoms with van der Waals surface area (Å²) in [5, 5.41) is 11.9. The Labute approximate surface area is 135 Å². The Morgan fingerprint density at radius 1 is 1.41 bits per heavy atom. The van der Waals surface area contributed by atoms with Crippen LogP contribution in [0.25, 0.3) is 0 Å². The molecule has 1 fully saturated rings. The summed E-state index contributed by atoms with van der Waals surface area (Å²) < 4.78 is 11.4. The summed E-state index contributed by atoms with van der Waals surface area (Å²) in [5.41, 5.74) is 1.01. The predicted molar refractivity (Wildman–Crippen MR) is 87.7 cm³/mol. The van der Waals surface area contributed by atoms with Gasteiger partial charge in [-0.05, 0) is 30.5 Å². The minimum Gasteiger partial charge on any atom is -0.490 e. The highest BCUT2D eigenvalue weighted by Gasteiger charge is 2.31. The Hall–Kier alpha value is -1.40. The predicted octanol–water partition coefficient (Wildman–Crippen LogP) is 2.91. The molecule has 1 heterocycles. The Balaban J connectivity index is 2.13. The van der Waals surface area contributed by atoms with E-state index in [4.69, 9.17) is 14.6 Å². The minimum atomic E-state index is -0.776. The first-order chi connectivity index (χ1) is 10.5. The molecule has 6 heteroatoms. The molecule has 1 aliphatic heterocycles. The molecular weight excluding hydrogens is 302 g/mol. The average molecular weight is 325 g/mol. The zero-order valence-corrected chi connectivity index (χ0v) is 14.0. The van der Waals surface area contributed by atoms with Crippen LogP contribution in [0.4, 0.5) is 0 Å². The van der Waals surface area contributed by atoms with Crippen molar-refractivity contribution < 1.29 is 19.4 Å². The highest BCUT2D eigenvalue weighted by molar-refractivity contribution is 8.01. The molecule has 2 rings (SSSR count). The van der Waals surface area contributed by atoms with Gasteiger partial charge in [-0.2, -0.15) is 0 Å². The largest absolute Gasteiger partial charge is 0.490 e. The van der Waals surface area contributed by atoms with Crippen LogP contribution in [0.5, 0.6) is 11.5 Å². The summed E-state index contributed by atoms with van der Waals surface area (Å²) in [6.07, 6.45) is 0. The molecule has 122 valence electrons. The van der Waals surface area contributed by atoms with Gasteiger partial charge in [0.1, 0.15) is 5.25 Å². The first kappa shape index (κ1) is 17.0. The van der Waals surface area contributed by atoms with Crippen molar-refractivity contribution in [3.63, 3.8) is 0 Å². The van der Waals surface area contributed by atoms with Crippen molar-refractivity contribution in [3.05, 3.63) is 23.8 Å². The SMILES string of the molecule is CCOc1cc([C@@H]2NC[C@@H](C(=O)O)S2)ccc1OCC(C)C. The van der Waals surface area contributed by atoms with Crippen LogP contribution < -0.4 is 14.8 Å². The van der Waals surface area contributed by atoms with E-state index in [-0.39, 0.29) is 5.37 Å². The molecule has 5 nitrogen and oxygen atoms in total. The molecule has 2 N–H and O–H groups in total. The van der Waals surface area contributed by atoms with E-state index in [1.165, 1.54) is 11.8 Å². The van der Waals surface area contributed by atoms with Gasteiger partial charge in [-0.25, -0.2) is 0 Å². The zero-order chi connectivity index (χ0) is 16.1. The van der Waals surface area contributed by atoms with E-state index in [0.29, 0.717) is 31.4 Å². The molecule has 1 saturated heterocycles. The molecule has 0 radical (unpaired) electrons. The first-order valence-corrected chi connectivity index (χ1v) is 8.46. The molecule has 0 saturated carbocycles. The smallest absolute Gasteiger partial charge is 0.318 e. The summed E-state index contributed by atoms with van der Waals surface area (Å²) in [7, 11) is 0. The summed E-state index contributed by atoms with van der Waals surface area (Å²) in [6.45, 7) is 7.79. The van der Waals surface area contributed by atoms with E-state index < -0.39 is 11.2 Å². The summed E-state index contributed by atoms with van der Waals surface area (Å²) in [5.74, 6) is 1.11. The molecular formula is C16H23NO4S. The standard InChI is InChI=1S/C16H23NO4S/c1-4-20-13-7-11(5-6-12(13)21-9-10(2)3)15-17-8-14(22-15)16(18)19/h5-7,10,14-15,17H,4,8-9H2,1-3H3,(H,18,19)/t14-,15+/m0/s1. The second-order valence-electron chi connectivity index (χ2n) is 5.60. The number of hydrogen-bond donors (Lipinski definition) is 2. The van der Waals surface area contributed by atoms with Crippen molar-refractivity contribution in [1.82, 2.24) is 5.32 Å². The Morgan fingerprint density at radius 2 is 2.18 bits per heavy atom. The van der Waals surface area contributed by atoms with Crippen LogP contribution in [-0.4, -0.2) is 36.1 Å². The van der Waals surface area contributed by atoms with Crippen LogP contribution in [0, 0.1) is 5.92 Å². The molecule has 0 spiro atoms. The Bertz CT molecular complexity index is 521.